The molecule has 1 aromatic rings. The number of rotatable bonds is 7. The molecule has 4 nitrogen and oxygen atoms in total. The first-order valence-electron chi connectivity index (χ1n) is 7.90. The van der Waals surface area contributed by atoms with E-state index >= 15 is 0 Å². The molecule has 2 atom stereocenters. The third-order valence-electron chi connectivity index (χ3n) is 3.99. The van der Waals surface area contributed by atoms with Crippen molar-refractivity contribution >= 4 is 5.91 Å². The standard InChI is InChI=1S/C17H26N2O2/c1-4-11-18-15(5-2)13-6-8-14(9-7-13)21-16-10-12-19(3)17(16)20/h6-9,15-16,18H,4-5,10-12H2,1-3H3. The molecule has 1 aliphatic rings. The molecule has 0 saturated carbocycles. The van der Waals surface area contributed by atoms with Gasteiger partial charge in [0.05, 0.1) is 0 Å². The SMILES string of the molecule is CCCNC(CC)c1ccc(OC2CCN(C)C2=O)cc1. The zero-order valence-electron chi connectivity index (χ0n) is 13.3. The number of benzene rings is 1. The zero-order valence-corrected chi connectivity index (χ0v) is 13.3. The van der Waals surface area contributed by atoms with Gasteiger partial charge < -0.3 is 15.0 Å². The number of hydrogen-bond acceptors (Lipinski definition) is 3. The summed E-state index contributed by atoms with van der Waals surface area (Å²) in [7, 11) is 1.82. The minimum Gasteiger partial charge on any atom is -0.481 e. The molecule has 0 aromatic heterocycles. The summed E-state index contributed by atoms with van der Waals surface area (Å²) in [4.78, 5) is 13.6. The molecule has 116 valence electrons. The van der Waals surface area contributed by atoms with Gasteiger partial charge in [-0.1, -0.05) is 26.0 Å². The van der Waals surface area contributed by atoms with Gasteiger partial charge in [0.25, 0.3) is 5.91 Å². The lowest BCUT2D eigenvalue weighted by molar-refractivity contribution is -0.132. The van der Waals surface area contributed by atoms with E-state index in [2.05, 4.69) is 31.3 Å². The Hall–Kier alpha value is -1.55. The fraction of sp³-hybridized carbons (Fsp3) is 0.588. The second-order valence-electron chi connectivity index (χ2n) is 5.64. The van der Waals surface area contributed by atoms with Crippen LogP contribution >= 0.6 is 0 Å². The first-order chi connectivity index (χ1) is 10.2. The van der Waals surface area contributed by atoms with Crippen LogP contribution in [-0.2, 0) is 4.79 Å². The first-order valence-corrected chi connectivity index (χ1v) is 7.90. The second-order valence-corrected chi connectivity index (χ2v) is 5.64. The van der Waals surface area contributed by atoms with Crippen LogP contribution < -0.4 is 10.1 Å². The van der Waals surface area contributed by atoms with Crippen LogP contribution in [0.4, 0.5) is 0 Å². The largest absolute Gasteiger partial charge is 0.481 e. The molecule has 2 rings (SSSR count). The van der Waals surface area contributed by atoms with Gasteiger partial charge in [-0.2, -0.15) is 0 Å². The summed E-state index contributed by atoms with van der Waals surface area (Å²) >= 11 is 0. The maximum Gasteiger partial charge on any atom is 0.263 e. The molecule has 1 amide bonds. The maximum atomic E-state index is 11.8. The molecule has 2 unspecified atom stereocenters. The molecule has 0 radical (unpaired) electrons. The predicted molar refractivity (Wildman–Crippen MR) is 84.4 cm³/mol. The first kappa shape index (κ1) is 15.8. The monoisotopic (exact) mass is 290 g/mol. The highest BCUT2D eigenvalue weighted by molar-refractivity contribution is 5.83. The van der Waals surface area contributed by atoms with Crippen molar-refractivity contribution in [1.82, 2.24) is 10.2 Å². The van der Waals surface area contributed by atoms with Gasteiger partial charge in [-0.05, 0) is 37.1 Å². The van der Waals surface area contributed by atoms with Crippen LogP contribution in [0.2, 0.25) is 0 Å². The minimum atomic E-state index is -0.318. The van der Waals surface area contributed by atoms with E-state index in [0.717, 1.165) is 38.1 Å². The molecule has 0 bridgehead atoms. The van der Waals surface area contributed by atoms with Crippen molar-refractivity contribution in [2.24, 2.45) is 0 Å². The maximum absolute atomic E-state index is 11.8. The van der Waals surface area contributed by atoms with Crippen LogP contribution in [0.25, 0.3) is 0 Å². The van der Waals surface area contributed by atoms with E-state index in [1.165, 1.54) is 5.56 Å². The molecular formula is C17H26N2O2. The van der Waals surface area contributed by atoms with Gasteiger partial charge in [-0.15, -0.1) is 0 Å². The van der Waals surface area contributed by atoms with Crippen LogP contribution in [0.3, 0.4) is 0 Å². The number of hydrogen-bond donors (Lipinski definition) is 1. The lowest BCUT2D eigenvalue weighted by Gasteiger charge is -2.18. The minimum absolute atomic E-state index is 0.0788. The van der Waals surface area contributed by atoms with E-state index in [0.29, 0.717) is 6.04 Å². The summed E-state index contributed by atoms with van der Waals surface area (Å²) in [6.07, 6.45) is 2.65. The summed E-state index contributed by atoms with van der Waals surface area (Å²) in [5.74, 6) is 0.855. The quantitative estimate of drug-likeness (QED) is 0.839. The van der Waals surface area contributed by atoms with E-state index < -0.39 is 0 Å². The zero-order chi connectivity index (χ0) is 15.2. The molecular weight excluding hydrogens is 264 g/mol. The van der Waals surface area contributed by atoms with E-state index in [4.69, 9.17) is 4.74 Å². The Bertz CT molecular complexity index is 458. The van der Waals surface area contributed by atoms with E-state index in [-0.39, 0.29) is 12.0 Å². The van der Waals surface area contributed by atoms with Gasteiger partial charge in [0.1, 0.15) is 5.75 Å². The van der Waals surface area contributed by atoms with Crippen molar-refractivity contribution in [2.75, 3.05) is 20.1 Å². The highest BCUT2D eigenvalue weighted by Gasteiger charge is 2.30. The molecule has 1 saturated heterocycles. The number of nitrogens with one attached hydrogen (secondary N) is 1. The lowest BCUT2D eigenvalue weighted by atomic mass is 10.0. The van der Waals surface area contributed by atoms with Gasteiger partial charge >= 0.3 is 0 Å². The van der Waals surface area contributed by atoms with Crippen LogP contribution in [0.15, 0.2) is 24.3 Å². The molecule has 1 fully saturated rings. The Balaban J connectivity index is 1.96. The van der Waals surface area contributed by atoms with Crippen molar-refractivity contribution in [3.63, 3.8) is 0 Å². The van der Waals surface area contributed by atoms with E-state index in [1.807, 2.05) is 19.2 Å². The average Bonchev–Trinajstić information content (AvgIpc) is 2.81. The van der Waals surface area contributed by atoms with Crippen molar-refractivity contribution in [3.05, 3.63) is 29.8 Å². The molecule has 0 spiro atoms. The third kappa shape index (κ3) is 3.97. The van der Waals surface area contributed by atoms with Crippen LogP contribution in [-0.4, -0.2) is 37.0 Å². The van der Waals surface area contributed by atoms with Crippen molar-refractivity contribution in [3.8, 4) is 5.75 Å². The number of carbonyl (C=O) groups is 1. The molecule has 1 aromatic carbocycles. The molecule has 1 N–H and O–H groups in total. The second kappa shape index (κ2) is 7.46. The Morgan fingerprint density at radius 1 is 1.33 bits per heavy atom. The van der Waals surface area contributed by atoms with Gasteiger partial charge in [-0.25, -0.2) is 0 Å². The lowest BCUT2D eigenvalue weighted by Crippen LogP contribution is -2.29. The normalized spacial score (nSPS) is 19.9. The Labute approximate surface area is 127 Å². The number of carbonyl (C=O) groups excluding carboxylic acids is 1. The van der Waals surface area contributed by atoms with Crippen LogP contribution in [0.1, 0.15) is 44.7 Å². The van der Waals surface area contributed by atoms with Crippen molar-refractivity contribution < 1.29 is 9.53 Å². The summed E-state index contributed by atoms with van der Waals surface area (Å²) in [5.41, 5.74) is 1.27. The van der Waals surface area contributed by atoms with Crippen LogP contribution in [0.5, 0.6) is 5.75 Å². The summed E-state index contributed by atoms with van der Waals surface area (Å²) < 4.78 is 5.80. The molecule has 21 heavy (non-hydrogen) atoms. The van der Waals surface area contributed by atoms with E-state index in [1.54, 1.807) is 4.90 Å². The fourth-order valence-electron chi connectivity index (χ4n) is 2.66. The highest BCUT2D eigenvalue weighted by Crippen LogP contribution is 2.23. The Morgan fingerprint density at radius 3 is 2.57 bits per heavy atom. The molecule has 1 heterocycles. The summed E-state index contributed by atoms with van der Waals surface area (Å²) in [6, 6.07) is 8.51. The van der Waals surface area contributed by atoms with Gasteiger partial charge in [-0.3, -0.25) is 4.79 Å². The van der Waals surface area contributed by atoms with Crippen molar-refractivity contribution in [2.45, 2.75) is 45.3 Å². The fourth-order valence-corrected chi connectivity index (χ4v) is 2.66. The number of likely N-dealkylation sites (N-methyl/N-ethyl adjacent to an activating group) is 1. The number of likely N-dealkylation sites (tertiary alicyclic amines) is 1. The number of nitrogens with zero attached hydrogens (tertiary/aromatic N) is 1. The Morgan fingerprint density at radius 2 is 2.05 bits per heavy atom. The van der Waals surface area contributed by atoms with Crippen molar-refractivity contribution in [1.29, 1.82) is 0 Å². The summed E-state index contributed by atoms with van der Waals surface area (Å²) in [5, 5.41) is 3.54. The summed E-state index contributed by atoms with van der Waals surface area (Å²) in [6.45, 7) is 6.16. The molecule has 4 heteroatoms. The number of amides is 1. The van der Waals surface area contributed by atoms with E-state index in [9.17, 15) is 4.79 Å². The topological polar surface area (TPSA) is 41.6 Å². The van der Waals surface area contributed by atoms with Gasteiger partial charge in [0, 0.05) is 26.1 Å². The Kier molecular flexibility index (Phi) is 5.62. The molecule has 0 aliphatic carbocycles. The molecule has 1 aliphatic heterocycles. The van der Waals surface area contributed by atoms with Gasteiger partial charge in [0.15, 0.2) is 6.10 Å². The van der Waals surface area contributed by atoms with Gasteiger partial charge in [0.2, 0.25) is 0 Å². The third-order valence-corrected chi connectivity index (χ3v) is 3.99. The smallest absolute Gasteiger partial charge is 0.263 e. The number of ether oxygens (including phenoxy) is 1. The predicted octanol–water partition coefficient (Wildman–Crippen LogP) is 2.75. The average molecular weight is 290 g/mol. The van der Waals surface area contributed by atoms with Crippen LogP contribution in [0, 0.1) is 0 Å². The highest BCUT2D eigenvalue weighted by atomic mass is 16.5.